The SMILES string of the molecule is CCCCCCOCCCCCC.CCN1CCCCC1. The van der Waals surface area contributed by atoms with Crippen LogP contribution in [-0.2, 0) is 4.74 Å². The topological polar surface area (TPSA) is 12.5 Å². The normalized spacial score (nSPS) is 15.6. The molecule has 1 rings (SSSR count). The van der Waals surface area contributed by atoms with Gasteiger partial charge >= 0.3 is 0 Å². The number of ether oxygens (including phenoxy) is 1. The van der Waals surface area contributed by atoms with Gasteiger partial charge in [-0.15, -0.1) is 0 Å². The van der Waals surface area contributed by atoms with E-state index in [9.17, 15) is 0 Å². The minimum absolute atomic E-state index is 0.978. The van der Waals surface area contributed by atoms with Crippen molar-refractivity contribution in [3.05, 3.63) is 0 Å². The fourth-order valence-corrected chi connectivity index (χ4v) is 2.64. The summed E-state index contributed by atoms with van der Waals surface area (Å²) in [6.45, 7) is 12.6. The third-order valence-electron chi connectivity index (χ3n) is 4.18. The number of hydrogen-bond donors (Lipinski definition) is 0. The molecule has 0 spiro atoms. The summed E-state index contributed by atoms with van der Waals surface area (Å²) in [6.07, 6.45) is 14.8. The fraction of sp³-hybridized carbons (Fsp3) is 1.00. The molecule has 1 heterocycles. The van der Waals surface area contributed by atoms with E-state index in [1.807, 2.05) is 0 Å². The average Bonchev–Trinajstić information content (AvgIpc) is 2.55. The molecule has 0 amide bonds. The van der Waals surface area contributed by atoms with Crippen molar-refractivity contribution in [2.24, 2.45) is 0 Å². The minimum atomic E-state index is 0.978. The molecule has 0 aromatic carbocycles. The zero-order chi connectivity index (χ0) is 15.6. The molecule has 0 aromatic heterocycles. The molecular weight excluding hydrogens is 258 g/mol. The first-order chi connectivity index (χ1) is 10.3. The van der Waals surface area contributed by atoms with E-state index in [1.54, 1.807) is 0 Å². The Morgan fingerprint density at radius 2 is 1.19 bits per heavy atom. The Kier molecular flexibility index (Phi) is 17.9. The molecular formula is C19H41NO. The van der Waals surface area contributed by atoms with E-state index in [1.165, 1.54) is 90.3 Å². The maximum absolute atomic E-state index is 5.53. The lowest BCUT2D eigenvalue weighted by molar-refractivity contribution is 0.126. The van der Waals surface area contributed by atoms with Crippen LogP contribution in [0.2, 0.25) is 0 Å². The molecule has 1 aliphatic heterocycles. The largest absolute Gasteiger partial charge is 0.381 e. The second-order valence-corrected chi connectivity index (χ2v) is 6.23. The number of unbranched alkanes of at least 4 members (excludes halogenated alkanes) is 6. The summed E-state index contributed by atoms with van der Waals surface area (Å²) in [5.74, 6) is 0. The number of hydrogen-bond acceptors (Lipinski definition) is 2. The highest BCUT2D eigenvalue weighted by molar-refractivity contribution is 4.61. The number of rotatable bonds is 11. The Hall–Kier alpha value is -0.0800. The Morgan fingerprint density at radius 3 is 1.57 bits per heavy atom. The van der Waals surface area contributed by atoms with Gasteiger partial charge in [-0.1, -0.05) is 65.7 Å². The van der Waals surface area contributed by atoms with Gasteiger partial charge in [0, 0.05) is 13.2 Å². The number of likely N-dealkylation sites (tertiary alicyclic amines) is 1. The molecule has 1 fully saturated rings. The summed E-state index contributed by atoms with van der Waals surface area (Å²) >= 11 is 0. The van der Waals surface area contributed by atoms with Crippen molar-refractivity contribution in [1.29, 1.82) is 0 Å². The smallest absolute Gasteiger partial charge is 0.0466 e. The fourth-order valence-electron chi connectivity index (χ4n) is 2.64. The van der Waals surface area contributed by atoms with Crippen molar-refractivity contribution < 1.29 is 4.74 Å². The van der Waals surface area contributed by atoms with E-state index in [-0.39, 0.29) is 0 Å². The lowest BCUT2D eigenvalue weighted by Gasteiger charge is -2.24. The predicted molar refractivity (Wildman–Crippen MR) is 95.1 cm³/mol. The van der Waals surface area contributed by atoms with Crippen LogP contribution in [0.1, 0.15) is 91.4 Å². The second-order valence-electron chi connectivity index (χ2n) is 6.23. The zero-order valence-electron chi connectivity index (χ0n) is 15.2. The van der Waals surface area contributed by atoms with Crippen LogP contribution in [0.4, 0.5) is 0 Å². The Balaban J connectivity index is 0.000000423. The summed E-state index contributed by atoms with van der Waals surface area (Å²) in [5, 5.41) is 0. The van der Waals surface area contributed by atoms with Gasteiger partial charge in [0.15, 0.2) is 0 Å². The third-order valence-corrected chi connectivity index (χ3v) is 4.18. The van der Waals surface area contributed by atoms with Crippen LogP contribution in [0.5, 0.6) is 0 Å². The van der Waals surface area contributed by atoms with E-state index in [2.05, 4.69) is 25.7 Å². The van der Waals surface area contributed by atoms with Gasteiger partial charge in [-0.05, 0) is 45.3 Å². The first-order valence-corrected chi connectivity index (χ1v) is 9.65. The highest BCUT2D eigenvalue weighted by Gasteiger charge is 2.05. The van der Waals surface area contributed by atoms with Crippen molar-refractivity contribution in [2.75, 3.05) is 32.8 Å². The van der Waals surface area contributed by atoms with E-state index in [0.717, 1.165) is 13.2 Å². The molecule has 1 saturated heterocycles. The predicted octanol–water partition coefficient (Wildman–Crippen LogP) is 5.66. The molecule has 128 valence electrons. The van der Waals surface area contributed by atoms with Crippen molar-refractivity contribution in [3.8, 4) is 0 Å². The molecule has 0 aliphatic carbocycles. The van der Waals surface area contributed by atoms with Crippen LogP contribution in [0.15, 0.2) is 0 Å². The van der Waals surface area contributed by atoms with Gasteiger partial charge in [-0.3, -0.25) is 0 Å². The molecule has 0 aromatic rings. The molecule has 0 bridgehead atoms. The Bertz CT molecular complexity index is 168. The minimum Gasteiger partial charge on any atom is -0.381 e. The van der Waals surface area contributed by atoms with Crippen molar-refractivity contribution >= 4 is 0 Å². The molecule has 1 aliphatic rings. The summed E-state index contributed by atoms with van der Waals surface area (Å²) < 4.78 is 5.53. The highest BCUT2D eigenvalue weighted by Crippen LogP contribution is 2.06. The lowest BCUT2D eigenvalue weighted by atomic mass is 10.1. The van der Waals surface area contributed by atoms with Crippen LogP contribution in [0, 0.1) is 0 Å². The van der Waals surface area contributed by atoms with Gasteiger partial charge in [0.25, 0.3) is 0 Å². The maximum Gasteiger partial charge on any atom is 0.0466 e. The standard InChI is InChI=1S/C12H26O.C7H15N/c1-3-5-7-9-11-13-12-10-8-6-4-2;1-2-8-6-4-3-5-7-8/h3-12H2,1-2H3;2-7H2,1H3. The van der Waals surface area contributed by atoms with E-state index >= 15 is 0 Å². The average molecular weight is 300 g/mol. The van der Waals surface area contributed by atoms with Gasteiger partial charge in [-0.2, -0.15) is 0 Å². The van der Waals surface area contributed by atoms with Crippen LogP contribution in [-0.4, -0.2) is 37.7 Å². The molecule has 21 heavy (non-hydrogen) atoms. The molecule has 0 saturated carbocycles. The maximum atomic E-state index is 5.53. The van der Waals surface area contributed by atoms with Crippen LogP contribution < -0.4 is 0 Å². The summed E-state index contributed by atoms with van der Waals surface area (Å²) in [7, 11) is 0. The quantitative estimate of drug-likeness (QED) is 0.457. The first kappa shape index (κ1) is 20.9. The van der Waals surface area contributed by atoms with Gasteiger partial charge < -0.3 is 9.64 Å². The van der Waals surface area contributed by atoms with Gasteiger partial charge in [-0.25, -0.2) is 0 Å². The number of nitrogens with zero attached hydrogens (tertiary/aromatic N) is 1. The van der Waals surface area contributed by atoms with Gasteiger partial charge in [0.2, 0.25) is 0 Å². The Morgan fingerprint density at radius 1 is 0.667 bits per heavy atom. The summed E-state index contributed by atoms with van der Waals surface area (Å²) in [5.41, 5.74) is 0. The molecule has 2 heteroatoms. The molecule has 0 unspecified atom stereocenters. The number of piperidine rings is 1. The first-order valence-electron chi connectivity index (χ1n) is 9.65. The lowest BCUT2D eigenvalue weighted by Crippen LogP contribution is -2.29. The molecule has 0 N–H and O–H groups in total. The monoisotopic (exact) mass is 299 g/mol. The third kappa shape index (κ3) is 16.1. The highest BCUT2D eigenvalue weighted by atomic mass is 16.5. The van der Waals surface area contributed by atoms with Crippen LogP contribution >= 0.6 is 0 Å². The summed E-state index contributed by atoms with van der Waals surface area (Å²) in [4.78, 5) is 2.52. The van der Waals surface area contributed by atoms with Gasteiger partial charge in [0.1, 0.15) is 0 Å². The van der Waals surface area contributed by atoms with E-state index in [4.69, 9.17) is 4.74 Å². The summed E-state index contributed by atoms with van der Waals surface area (Å²) in [6, 6.07) is 0. The van der Waals surface area contributed by atoms with Crippen LogP contribution in [0.25, 0.3) is 0 Å². The second kappa shape index (κ2) is 18.0. The van der Waals surface area contributed by atoms with E-state index in [0.29, 0.717) is 0 Å². The van der Waals surface area contributed by atoms with Gasteiger partial charge in [0.05, 0.1) is 0 Å². The Labute approximate surface area is 134 Å². The molecule has 0 radical (unpaired) electrons. The van der Waals surface area contributed by atoms with Crippen molar-refractivity contribution in [2.45, 2.75) is 91.4 Å². The van der Waals surface area contributed by atoms with E-state index < -0.39 is 0 Å². The van der Waals surface area contributed by atoms with Crippen LogP contribution in [0.3, 0.4) is 0 Å². The molecule has 0 atom stereocenters. The van der Waals surface area contributed by atoms with Crippen molar-refractivity contribution in [3.63, 3.8) is 0 Å². The zero-order valence-corrected chi connectivity index (χ0v) is 15.2. The molecule has 2 nitrogen and oxygen atoms in total. The van der Waals surface area contributed by atoms with Crippen molar-refractivity contribution in [1.82, 2.24) is 4.90 Å².